The van der Waals surface area contributed by atoms with Crippen LogP contribution in [-0.2, 0) is 9.59 Å². The van der Waals surface area contributed by atoms with Crippen LogP contribution in [0.3, 0.4) is 0 Å². The molecule has 0 saturated heterocycles. The maximum Gasteiger partial charge on any atom is 0.226 e. The Balaban J connectivity index is 1.67. The van der Waals surface area contributed by atoms with Crippen LogP contribution in [0.25, 0.3) is 0 Å². The topological polar surface area (TPSA) is 84.0 Å². The number of amides is 2. The highest BCUT2D eigenvalue weighted by Gasteiger charge is 2.17. The molecule has 7 heteroatoms. The standard InChI is InChI=1S/C22H22N4O2S/c1-15-6-8-17(9-7-15)19(25-16(2)27)14-20(28)26-18-10-12-24-22(13-18)29-21-5-3-4-11-23-21/h3-13,19H,14H2,1-2H3,(H,25,27)(H,24,26,28). The van der Waals surface area contributed by atoms with Gasteiger partial charge >= 0.3 is 0 Å². The average Bonchev–Trinajstić information content (AvgIpc) is 2.69. The van der Waals surface area contributed by atoms with E-state index in [1.54, 1.807) is 24.5 Å². The lowest BCUT2D eigenvalue weighted by Crippen LogP contribution is -2.29. The van der Waals surface area contributed by atoms with Crippen molar-refractivity contribution in [2.75, 3.05) is 5.32 Å². The van der Waals surface area contributed by atoms with Gasteiger partial charge in [-0.1, -0.05) is 47.7 Å². The fourth-order valence-corrected chi connectivity index (χ4v) is 3.53. The maximum atomic E-state index is 12.6. The van der Waals surface area contributed by atoms with E-state index in [0.717, 1.165) is 21.2 Å². The third-order valence-corrected chi connectivity index (χ3v) is 5.00. The molecule has 6 nitrogen and oxygen atoms in total. The van der Waals surface area contributed by atoms with Gasteiger partial charge in [0.15, 0.2) is 0 Å². The van der Waals surface area contributed by atoms with Crippen molar-refractivity contribution in [2.24, 2.45) is 0 Å². The number of nitrogens with zero attached hydrogens (tertiary/aromatic N) is 2. The van der Waals surface area contributed by atoms with Crippen LogP contribution in [-0.4, -0.2) is 21.8 Å². The average molecular weight is 407 g/mol. The quantitative estimate of drug-likeness (QED) is 0.616. The molecule has 148 valence electrons. The summed E-state index contributed by atoms with van der Waals surface area (Å²) in [5, 5.41) is 7.30. The molecule has 1 atom stereocenters. The lowest BCUT2D eigenvalue weighted by atomic mass is 10.0. The van der Waals surface area contributed by atoms with Gasteiger partial charge in [0.25, 0.3) is 0 Å². The number of nitrogens with one attached hydrogen (secondary N) is 2. The van der Waals surface area contributed by atoms with Gasteiger partial charge in [0, 0.05) is 25.0 Å². The molecule has 3 aromatic rings. The molecule has 0 fully saturated rings. The number of benzene rings is 1. The molecule has 2 amide bonds. The van der Waals surface area contributed by atoms with Crippen molar-refractivity contribution >= 4 is 29.3 Å². The minimum atomic E-state index is -0.391. The van der Waals surface area contributed by atoms with Gasteiger partial charge in [-0.25, -0.2) is 9.97 Å². The highest BCUT2D eigenvalue weighted by Crippen LogP contribution is 2.26. The number of carbonyl (C=O) groups excluding carboxylic acids is 2. The van der Waals surface area contributed by atoms with Crippen LogP contribution in [0, 0.1) is 6.92 Å². The van der Waals surface area contributed by atoms with Crippen LogP contribution in [0.1, 0.15) is 30.5 Å². The molecule has 0 aliphatic carbocycles. The molecule has 1 aromatic carbocycles. The fraction of sp³-hybridized carbons (Fsp3) is 0.182. The van der Waals surface area contributed by atoms with Crippen molar-refractivity contribution in [1.29, 1.82) is 0 Å². The van der Waals surface area contributed by atoms with Crippen molar-refractivity contribution in [1.82, 2.24) is 15.3 Å². The van der Waals surface area contributed by atoms with Gasteiger partial charge in [0.05, 0.1) is 12.5 Å². The molecule has 29 heavy (non-hydrogen) atoms. The van der Waals surface area contributed by atoms with E-state index in [0.29, 0.717) is 5.69 Å². The molecular formula is C22H22N4O2S. The molecular weight excluding hydrogens is 384 g/mol. The smallest absolute Gasteiger partial charge is 0.226 e. The Morgan fingerprint density at radius 1 is 1.00 bits per heavy atom. The van der Waals surface area contributed by atoms with E-state index in [4.69, 9.17) is 0 Å². The van der Waals surface area contributed by atoms with Crippen molar-refractivity contribution < 1.29 is 9.59 Å². The van der Waals surface area contributed by atoms with Gasteiger partial charge in [-0.15, -0.1) is 0 Å². The summed E-state index contributed by atoms with van der Waals surface area (Å²) >= 11 is 1.42. The molecule has 1 unspecified atom stereocenters. The highest BCUT2D eigenvalue weighted by atomic mass is 32.2. The summed E-state index contributed by atoms with van der Waals surface area (Å²) in [6.45, 7) is 3.44. The first-order valence-corrected chi connectivity index (χ1v) is 10.00. The Morgan fingerprint density at radius 2 is 1.76 bits per heavy atom. The summed E-state index contributed by atoms with van der Waals surface area (Å²) in [4.78, 5) is 32.8. The molecule has 0 aliphatic rings. The number of hydrogen-bond acceptors (Lipinski definition) is 5. The number of hydrogen-bond donors (Lipinski definition) is 2. The van der Waals surface area contributed by atoms with E-state index in [1.165, 1.54) is 18.7 Å². The Morgan fingerprint density at radius 3 is 2.45 bits per heavy atom. The van der Waals surface area contributed by atoms with Gasteiger partial charge in [0.1, 0.15) is 10.1 Å². The van der Waals surface area contributed by atoms with E-state index in [1.807, 2.05) is 49.4 Å². The molecule has 0 bridgehead atoms. The van der Waals surface area contributed by atoms with Crippen LogP contribution in [0.2, 0.25) is 0 Å². The minimum absolute atomic E-state index is 0.133. The summed E-state index contributed by atoms with van der Waals surface area (Å²) in [5.41, 5.74) is 2.66. The lowest BCUT2D eigenvalue weighted by molar-refractivity contribution is -0.120. The summed E-state index contributed by atoms with van der Waals surface area (Å²) in [5.74, 6) is -0.370. The van der Waals surface area contributed by atoms with Gasteiger partial charge in [0.2, 0.25) is 11.8 Å². The molecule has 2 aromatic heterocycles. The van der Waals surface area contributed by atoms with Crippen molar-refractivity contribution in [3.8, 4) is 0 Å². The second-order valence-electron chi connectivity index (χ2n) is 6.57. The predicted molar refractivity (Wildman–Crippen MR) is 114 cm³/mol. The third-order valence-electron chi connectivity index (χ3n) is 4.11. The predicted octanol–water partition coefficient (Wildman–Crippen LogP) is 4.14. The monoisotopic (exact) mass is 406 g/mol. The molecule has 0 saturated carbocycles. The van der Waals surface area contributed by atoms with Crippen LogP contribution < -0.4 is 10.6 Å². The van der Waals surface area contributed by atoms with E-state index in [-0.39, 0.29) is 18.2 Å². The van der Waals surface area contributed by atoms with Gasteiger partial charge in [-0.3, -0.25) is 9.59 Å². The zero-order chi connectivity index (χ0) is 20.6. The normalized spacial score (nSPS) is 11.5. The second kappa shape index (κ2) is 9.84. The Bertz CT molecular complexity index is 978. The van der Waals surface area contributed by atoms with Gasteiger partial charge in [-0.2, -0.15) is 0 Å². The first-order valence-electron chi connectivity index (χ1n) is 9.18. The Labute approximate surface area is 174 Å². The molecule has 0 aliphatic heterocycles. The number of aryl methyl sites for hydroxylation is 1. The van der Waals surface area contributed by atoms with Gasteiger partial charge in [-0.05, 0) is 36.8 Å². The summed E-state index contributed by atoms with van der Waals surface area (Å²) in [6.07, 6.45) is 3.50. The fourth-order valence-electron chi connectivity index (χ4n) is 2.75. The largest absolute Gasteiger partial charge is 0.349 e. The van der Waals surface area contributed by atoms with E-state index in [2.05, 4.69) is 20.6 Å². The van der Waals surface area contributed by atoms with E-state index < -0.39 is 6.04 Å². The van der Waals surface area contributed by atoms with Gasteiger partial charge < -0.3 is 10.6 Å². The molecule has 3 rings (SSSR count). The summed E-state index contributed by atoms with van der Waals surface area (Å²) in [7, 11) is 0. The molecule has 2 N–H and O–H groups in total. The zero-order valence-corrected chi connectivity index (χ0v) is 17.1. The number of aromatic nitrogens is 2. The Kier molecular flexibility index (Phi) is 6.97. The third kappa shape index (κ3) is 6.43. The first-order chi connectivity index (χ1) is 14.0. The highest BCUT2D eigenvalue weighted by molar-refractivity contribution is 7.99. The van der Waals surface area contributed by atoms with Crippen LogP contribution in [0.15, 0.2) is 77.0 Å². The zero-order valence-electron chi connectivity index (χ0n) is 16.3. The second-order valence-corrected chi connectivity index (χ2v) is 7.61. The number of carbonyl (C=O) groups is 2. The lowest BCUT2D eigenvalue weighted by Gasteiger charge is -2.18. The van der Waals surface area contributed by atoms with Crippen LogP contribution >= 0.6 is 11.8 Å². The van der Waals surface area contributed by atoms with Crippen molar-refractivity contribution in [3.05, 3.63) is 78.1 Å². The van der Waals surface area contributed by atoms with Crippen molar-refractivity contribution in [3.63, 3.8) is 0 Å². The first kappa shape index (κ1) is 20.5. The SMILES string of the molecule is CC(=O)NC(CC(=O)Nc1ccnc(Sc2ccccn2)c1)c1ccc(C)cc1. The van der Waals surface area contributed by atoms with Crippen LogP contribution in [0.5, 0.6) is 0 Å². The molecule has 2 heterocycles. The number of anilines is 1. The van der Waals surface area contributed by atoms with E-state index >= 15 is 0 Å². The minimum Gasteiger partial charge on any atom is -0.349 e. The summed E-state index contributed by atoms with van der Waals surface area (Å²) in [6, 6.07) is 16.6. The number of pyridine rings is 2. The molecule has 0 radical (unpaired) electrons. The van der Waals surface area contributed by atoms with E-state index in [9.17, 15) is 9.59 Å². The number of rotatable bonds is 7. The molecule has 0 spiro atoms. The van der Waals surface area contributed by atoms with Crippen LogP contribution in [0.4, 0.5) is 5.69 Å². The summed E-state index contributed by atoms with van der Waals surface area (Å²) < 4.78 is 0. The maximum absolute atomic E-state index is 12.6. The van der Waals surface area contributed by atoms with Crippen molar-refractivity contribution in [2.45, 2.75) is 36.4 Å². The Hall–Kier alpha value is -3.19.